The minimum absolute atomic E-state index is 0.289. The molecule has 0 aliphatic carbocycles. The highest BCUT2D eigenvalue weighted by Gasteiger charge is 2.14. The molecular formula is C15H21NO3. The number of benzene rings is 1. The summed E-state index contributed by atoms with van der Waals surface area (Å²) in [6.45, 7) is 3.11. The lowest BCUT2D eigenvalue weighted by molar-refractivity contribution is 0.0617. The third kappa shape index (κ3) is 4.65. The van der Waals surface area contributed by atoms with E-state index in [4.69, 9.17) is 4.74 Å². The molecule has 0 radical (unpaired) electrons. The van der Waals surface area contributed by atoms with E-state index in [1.807, 2.05) is 0 Å². The van der Waals surface area contributed by atoms with E-state index in [2.05, 4.69) is 4.90 Å². The van der Waals surface area contributed by atoms with Crippen LogP contribution in [0.2, 0.25) is 0 Å². The summed E-state index contributed by atoms with van der Waals surface area (Å²) in [6, 6.07) is 6.91. The van der Waals surface area contributed by atoms with E-state index >= 15 is 0 Å². The van der Waals surface area contributed by atoms with Crippen LogP contribution in [0.15, 0.2) is 24.3 Å². The van der Waals surface area contributed by atoms with E-state index in [1.165, 1.54) is 19.3 Å². The van der Waals surface area contributed by atoms with Crippen molar-refractivity contribution in [2.75, 3.05) is 26.2 Å². The summed E-state index contributed by atoms with van der Waals surface area (Å²) in [6.07, 6.45) is 4.08. The first-order valence-electron chi connectivity index (χ1n) is 6.86. The summed E-state index contributed by atoms with van der Waals surface area (Å²) in [7, 11) is 0. The van der Waals surface area contributed by atoms with Crippen LogP contribution in [-0.4, -0.2) is 48.6 Å². The number of aliphatic hydroxyl groups excluding tert-OH is 1. The molecule has 0 aromatic heterocycles. The number of hydrogen-bond acceptors (Lipinski definition) is 4. The molecule has 1 N–H and O–H groups in total. The number of rotatable bonds is 6. The SMILES string of the molecule is O=Cc1ccc(OCC(O)CN2CCCCC2)cc1. The van der Waals surface area contributed by atoms with E-state index in [9.17, 15) is 9.90 Å². The molecule has 2 rings (SSSR count). The quantitative estimate of drug-likeness (QED) is 0.794. The van der Waals surface area contributed by atoms with Crippen LogP contribution in [0.4, 0.5) is 0 Å². The molecule has 4 heteroatoms. The number of hydrogen-bond donors (Lipinski definition) is 1. The van der Waals surface area contributed by atoms with Gasteiger partial charge in [0, 0.05) is 12.1 Å². The first-order chi connectivity index (χ1) is 9.28. The van der Waals surface area contributed by atoms with Crippen molar-refractivity contribution in [3.63, 3.8) is 0 Å². The van der Waals surface area contributed by atoms with Crippen molar-refractivity contribution in [2.24, 2.45) is 0 Å². The van der Waals surface area contributed by atoms with Crippen molar-refractivity contribution in [3.05, 3.63) is 29.8 Å². The van der Waals surface area contributed by atoms with Gasteiger partial charge in [-0.2, -0.15) is 0 Å². The molecule has 1 aromatic rings. The lowest BCUT2D eigenvalue weighted by atomic mass is 10.1. The van der Waals surface area contributed by atoms with Crippen molar-refractivity contribution in [1.29, 1.82) is 0 Å². The second kappa shape index (κ2) is 7.26. The summed E-state index contributed by atoms with van der Waals surface area (Å²) >= 11 is 0. The highest BCUT2D eigenvalue weighted by molar-refractivity contribution is 5.74. The van der Waals surface area contributed by atoms with Gasteiger partial charge in [-0.05, 0) is 50.2 Å². The van der Waals surface area contributed by atoms with E-state index in [1.54, 1.807) is 24.3 Å². The largest absolute Gasteiger partial charge is 0.491 e. The van der Waals surface area contributed by atoms with E-state index in [-0.39, 0.29) is 6.61 Å². The van der Waals surface area contributed by atoms with Crippen molar-refractivity contribution < 1.29 is 14.6 Å². The zero-order valence-electron chi connectivity index (χ0n) is 11.1. The molecule has 104 valence electrons. The van der Waals surface area contributed by atoms with Crippen LogP contribution >= 0.6 is 0 Å². The molecule has 1 unspecified atom stereocenters. The summed E-state index contributed by atoms with van der Waals surface area (Å²) in [5, 5.41) is 9.94. The van der Waals surface area contributed by atoms with Gasteiger partial charge in [0.25, 0.3) is 0 Å². The van der Waals surface area contributed by atoms with Gasteiger partial charge in [-0.1, -0.05) is 6.42 Å². The van der Waals surface area contributed by atoms with E-state index < -0.39 is 6.10 Å². The predicted molar refractivity (Wildman–Crippen MR) is 73.6 cm³/mol. The van der Waals surface area contributed by atoms with Crippen molar-refractivity contribution in [2.45, 2.75) is 25.4 Å². The van der Waals surface area contributed by atoms with Crippen LogP contribution in [0.3, 0.4) is 0 Å². The van der Waals surface area contributed by atoms with Crippen LogP contribution in [0.25, 0.3) is 0 Å². The molecule has 0 bridgehead atoms. The summed E-state index contributed by atoms with van der Waals surface area (Å²) in [5.74, 6) is 0.684. The first-order valence-corrected chi connectivity index (χ1v) is 6.86. The zero-order valence-corrected chi connectivity index (χ0v) is 11.1. The number of carbonyl (C=O) groups excluding carboxylic acids is 1. The average molecular weight is 263 g/mol. The highest BCUT2D eigenvalue weighted by atomic mass is 16.5. The predicted octanol–water partition coefficient (Wildman–Crippen LogP) is 1.72. The van der Waals surface area contributed by atoms with Crippen LogP contribution in [0.1, 0.15) is 29.6 Å². The maximum atomic E-state index is 10.5. The number of ether oxygens (including phenoxy) is 1. The van der Waals surface area contributed by atoms with Gasteiger partial charge < -0.3 is 14.7 Å². The maximum absolute atomic E-state index is 10.5. The first kappa shape index (κ1) is 14.0. The molecule has 1 fully saturated rings. The van der Waals surface area contributed by atoms with Crippen LogP contribution in [-0.2, 0) is 0 Å². The van der Waals surface area contributed by atoms with Gasteiger partial charge in [0.15, 0.2) is 0 Å². The van der Waals surface area contributed by atoms with Crippen molar-refractivity contribution >= 4 is 6.29 Å². The molecule has 19 heavy (non-hydrogen) atoms. The Morgan fingerprint density at radius 3 is 2.53 bits per heavy atom. The lowest BCUT2D eigenvalue weighted by Crippen LogP contribution is -2.38. The number of piperidine rings is 1. The molecule has 1 aromatic carbocycles. The summed E-state index contributed by atoms with van der Waals surface area (Å²) in [4.78, 5) is 12.8. The van der Waals surface area contributed by atoms with Gasteiger partial charge >= 0.3 is 0 Å². The average Bonchev–Trinajstić information content (AvgIpc) is 2.47. The van der Waals surface area contributed by atoms with Crippen LogP contribution in [0, 0.1) is 0 Å². The fourth-order valence-corrected chi connectivity index (χ4v) is 2.33. The third-order valence-corrected chi connectivity index (χ3v) is 3.38. The second-order valence-corrected chi connectivity index (χ2v) is 5.01. The van der Waals surface area contributed by atoms with Gasteiger partial charge in [0.05, 0.1) is 0 Å². The van der Waals surface area contributed by atoms with E-state index in [0.29, 0.717) is 17.9 Å². The molecule has 1 heterocycles. The van der Waals surface area contributed by atoms with Gasteiger partial charge in [-0.15, -0.1) is 0 Å². The topological polar surface area (TPSA) is 49.8 Å². The van der Waals surface area contributed by atoms with Gasteiger partial charge in [-0.25, -0.2) is 0 Å². The number of aliphatic hydroxyl groups is 1. The van der Waals surface area contributed by atoms with Gasteiger partial charge in [0.2, 0.25) is 0 Å². The van der Waals surface area contributed by atoms with Gasteiger partial charge in [0.1, 0.15) is 24.7 Å². The minimum atomic E-state index is -0.469. The number of β-amino-alcohol motifs (C(OH)–C–C–N with tert-alkyl or cyclic N) is 1. The third-order valence-electron chi connectivity index (χ3n) is 3.38. The highest BCUT2D eigenvalue weighted by Crippen LogP contribution is 2.12. The van der Waals surface area contributed by atoms with Crippen LogP contribution < -0.4 is 4.74 Å². The fourth-order valence-electron chi connectivity index (χ4n) is 2.33. The van der Waals surface area contributed by atoms with Crippen molar-refractivity contribution in [3.8, 4) is 5.75 Å². The fraction of sp³-hybridized carbons (Fsp3) is 0.533. The Morgan fingerprint density at radius 1 is 1.21 bits per heavy atom. The van der Waals surface area contributed by atoms with E-state index in [0.717, 1.165) is 19.4 Å². The minimum Gasteiger partial charge on any atom is -0.491 e. The van der Waals surface area contributed by atoms with Crippen LogP contribution in [0.5, 0.6) is 5.75 Å². The standard InChI is InChI=1S/C15H21NO3/c17-11-13-4-6-15(7-5-13)19-12-14(18)10-16-8-2-1-3-9-16/h4-7,11,14,18H,1-3,8-10,12H2. The Kier molecular flexibility index (Phi) is 5.36. The molecule has 1 aliphatic rings. The van der Waals surface area contributed by atoms with Gasteiger partial charge in [-0.3, -0.25) is 4.79 Å². The molecule has 1 aliphatic heterocycles. The monoisotopic (exact) mass is 263 g/mol. The number of likely N-dealkylation sites (tertiary alicyclic amines) is 1. The molecule has 0 amide bonds. The maximum Gasteiger partial charge on any atom is 0.150 e. The molecule has 4 nitrogen and oxygen atoms in total. The molecule has 0 saturated carbocycles. The summed E-state index contributed by atoms with van der Waals surface area (Å²) in [5.41, 5.74) is 0.626. The Labute approximate surface area is 114 Å². The molecular weight excluding hydrogens is 242 g/mol. The summed E-state index contributed by atoms with van der Waals surface area (Å²) < 4.78 is 5.52. The zero-order chi connectivity index (χ0) is 13.5. The number of nitrogens with zero attached hydrogens (tertiary/aromatic N) is 1. The second-order valence-electron chi connectivity index (χ2n) is 5.01. The Hall–Kier alpha value is -1.39. The lowest BCUT2D eigenvalue weighted by Gasteiger charge is -2.28. The number of aldehydes is 1. The molecule has 0 spiro atoms. The molecule has 1 atom stereocenters. The number of carbonyl (C=O) groups is 1. The normalized spacial score (nSPS) is 17.9. The Morgan fingerprint density at radius 2 is 1.89 bits per heavy atom. The Balaban J connectivity index is 1.72. The smallest absolute Gasteiger partial charge is 0.150 e. The van der Waals surface area contributed by atoms with Crippen molar-refractivity contribution in [1.82, 2.24) is 4.90 Å². The Bertz CT molecular complexity index is 385. The molecule has 1 saturated heterocycles.